The minimum absolute atomic E-state index is 0.274. The van der Waals surface area contributed by atoms with Crippen molar-refractivity contribution in [3.63, 3.8) is 0 Å². The van der Waals surface area contributed by atoms with Gasteiger partial charge in [-0.25, -0.2) is 4.68 Å². The molecule has 0 atom stereocenters. The molecule has 1 aromatic heterocycles. The Morgan fingerprint density at radius 1 is 1.06 bits per heavy atom. The molecule has 0 unspecified atom stereocenters. The summed E-state index contributed by atoms with van der Waals surface area (Å²) in [6.45, 7) is 8.00. The van der Waals surface area contributed by atoms with Gasteiger partial charge in [0.1, 0.15) is 0 Å². The van der Waals surface area contributed by atoms with Crippen LogP contribution in [0.4, 0.5) is 0 Å². The molecular weight excluding hydrogens is 202 g/mol. The van der Waals surface area contributed by atoms with E-state index in [4.69, 9.17) is 0 Å². The predicted octanol–water partition coefficient (Wildman–Crippen LogP) is 2.38. The van der Waals surface area contributed by atoms with Gasteiger partial charge in [-0.3, -0.25) is 4.79 Å². The molecule has 0 fully saturated rings. The van der Waals surface area contributed by atoms with Gasteiger partial charge in [0.15, 0.2) is 0 Å². The first-order chi connectivity index (χ1) is 7.79. The maximum Gasteiger partial charge on any atom is 0.299 e. The van der Waals surface area contributed by atoms with Gasteiger partial charge in [-0.1, -0.05) is 50.1 Å². The Hall–Kier alpha value is -1.71. The SMILES string of the molecule is CC.CC.Cn1nnc(=O)c2ccccc21. The highest BCUT2D eigenvalue weighted by atomic mass is 16.1. The highest BCUT2D eigenvalue weighted by molar-refractivity contribution is 5.76. The van der Waals surface area contributed by atoms with Crippen molar-refractivity contribution in [1.29, 1.82) is 0 Å². The van der Waals surface area contributed by atoms with Crippen LogP contribution in [0.15, 0.2) is 29.1 Å². The molecule has 0 saturated carbocycles. The summed E-state index contributed by atoms with van der Waals surface area (Å²) in [5.74, 6) is 0. The van der Waals surface area contributed by atoms with Crippen LogP contribution in [0, 0.1) is 0 Å². The normalized spacial score (nSPS) is 8.56. The number of aryl methyl sites for hydroxylation is 1. The maximum absolute atomic E-state index is 11.1. The molecule has 0 bridgehead atoms. The minimum Gasteiger partial charge on any atom is -0.265 e. The molecule has 0 spiro atoms. The summed E-state index contributed by atoms with van der Waals surface area (Å²) in [4.78, 5) is 11.1. The zero-order valence-electron chi connectivity index (χ0n) is 10.6. The van der Waals surface area contributed by atoms with Crippen molar-refractivity contribution in [3.05, 3.63) is 34.6 Å². The van der Waals surface area contributed by atoms with Crippen LogP contribution in [-0.2, 0) is 7.05 Å². The van der Waals surface area contributed by atoms with Gasteiger partial charge in [0.25, 0.3) is 5.56 Å². The number of rotatable bonds is 0. The summed E-state index contributed by atoms with van der Waals surface area (Å²) in [5.41, 5.74) is 0.529. The summed E-state index contributed by atoms with van der Waals surface area (Å²) in [6, 6.07) is 7.26. The summed E-state index contributed by atoms with van der Waals surface area (Å²) in [5, 5.41) is 7.73. The molecule has 0 N–H and O–H groups in total. The Morgan fingerprint density at radius 2 is 1.62 bits per heavy atom. The molecule has 2 rings (SSSR count). The third-order valence-electron chi connectivity index (χ3n) is 1.75. The molecule has 1 heterocycles. The molecule has 4 nitrogen and oxygen atoms in total. The first kappa shape index (κ1) is 14.3. The molecule has 0 radical (unpaired) electrons. The van der Waals surface area contributed by atoms with Crippen LogP contribution in [0.5, 0.6) is 0 Å². The van der Waals surface area contributed by atoms with Crippen molar-refractivity contribution in [2.75, 3.05) is 0 Å². The minimum atomic E-state index is -0.274. The lowest BCUT2D eigenvalue weighted by Gasteiger charge is -1.99. The Bertz CT molecular complexity index is 477. The van der Waals surface area contributed by atoms with Gasteiger partial charge < -0.3 is 0 Å². The highest BCUT2D eigenvalue weighted by Gasteiger charge is 1.99. The number of benzene rings is 1. The smallest absolute Gasteiger partial charge is 0.265 e. The van der Waals surface area contributed by atoms with E-state index in [0.29, 0.717) is 5.39 Å². The zero-order chi connectivity index (χ0) is 12.6. The van der Waals surface area contributed by atoms with Crippen molar-refractivity contribution in [2.24, 2.45) is 7.05 Å². The third kappa shape index (κ3) is 3.15. The molecule has 88 valence electrons. The molecule has 16 heavy (non-hydrogen) atoms. The van der Waals surface area contributed by atoms with Crippen molar-refractivity contribution in [3.8, 4) is 0 Å². The van der Waals surface area contributed by atoms with E-state index in [1.807, 2.05) is 45.9 Å². The molecule has 0 aliphatic carbocycles. The van der Waals surface area contributed by atoms with Gasteiger partial charge in [0.05, 0.1) is 10.9 Å². The summed E-state index contributed by atoms with van der Waals surface area (Å²) >= 11 is 0. The van der Waals surface area contributed by atoms with Crippen LogP contribution in [0.25, 0.3) is 10.9 Å². The number of hydrogen-bond acceptors (Lipinski definition) is 3. The molecule has 4 heteroatoms. The van der Waals surface area contributed by atoms with E-state index in [0.717, 1.165) is 5.52 Å². The van der Waals surface area contributed by atoms with Gasteiger partial charge >= 0.3 is 0 Å². The average Bonchev–Trinajstić information content (AvgIpc) is 2.39. The molecule has 2 aromatic rings. The number of para-hydroxylation sites is 1. The molecule has 0 saturated heterocycles. The fraction of sp³-hybridized carbons (Fsp3) is 0.417. The lowest BCUT2D eigenvalue weighted by atomic mass is 10.2. The standard InChI is InChI=1S/C8H7N3O.2C2H6/c1-11-7-5-3-2-4-6(7)8(12)9-10-11;2*1-2/h2-5H,1H3;2*1-2H3. The highest BCUT2D eigenvalue weighted by Crippen LogP contribution is 2.04. The largest absolute Gasteiger partial charge is 0.299 e. The van der Waals surface area contributed by atoms with Crippen molar-refractivity contribution in [1.82, 2.24) is 15.0 Å². The quantitative estimate of drug-likeness (QED) is 0.686. The number of nitrogens with zero attached hydrogens (tertiary/aromatic N) is 3. The van der Waals surface area contributed by atoms with Gasteiger partial charge in [0, 0.05) is 7.05 Å². The van der Waals surface area contributed by atoms with E-state index < -0.39 is 0 Å². The van der Waals surface area contributed by atoms with Crippen molar-refractivity contribution >= 4 is 10.9 Å². The Balaban J connectivity index is 0.000000509. The first-order valence-electron chi connectivity index (χ1n) is 5.58. The maximum atomic E-state index is 11.1. The van der Waals surface area contributed by atoms with E-state index in [1.54, 1.807) is 17.8 Å². The fourth-order valence-electron chi connectivity index (χ4n) is 1.15. The van der Waals surface area contributed by atoms with Crippen LogP contribution in [0.2, 0.25) is 0 Å². The van der Waals surface area contributed by atoms with E-state index in [1.165, 1.54) is 0 Å². The van der Waals surface area contributed by atoms with Gasteiger partial charge in [-0.2, -0.15) is 0 Å². The Morgan fingerprint density at radius 3 is 2.19 bits per heavy atom. The third-order valence-corrected chi connectivity index (χ3v) is 1.75. The van der Waals surface area contributed by atoms with Crippen molar-refractivity contribution < 1.29 is 0 Å². The van der Waals surface area contributed by atoms with E-state index in [9.17, 15) is 4.79 Å². The lowest BCUT2D eigenvalue weighted by molar-refractivity contribution is 0.688. The number of fused-ring (bicyclic) bond motifs is 1. The second-order valence-corrected chi connectivity index (χ2v) is 2.54. The molecule has 1 aromatic carbocycles. The molecule has 0 amide bonds. The van der Waals surface area contributed by atoms with Crippen LogP contribution < -0.4 is 5.56 Å². The summed E-state index contributed by atoms with van der Waals surface area (Å²) < 4.78 is 1.58. The summed E-state index contributed by atoms with van der Waals surface area (Å²) in [7, 11) is 1.76. The Labute approximate surface area is 95.9 Å². The molecule has 0 aliphatic heterocycles. The lowest BCUT2D eigenvalue weighted by Crippen LogP contribution is -2.14. The zero-order valence-corrected chi connectivity index (χ0v) is 10.6. The second-order valence-electron chi connectivity index (χ2n) is 2.54. The van der Waals surface area contributed by atoms with Crippen LogP contribution in [0.1, 0.15) is 27.7 Å². The van der Waals surface area contributed by atoms with Gasteiger partial charge in [0.2, 0.25) is 0 Å². The fourth-order valence-corrected chi connectivity index (χ4v) is 1.15. The topological polar surface area (TPSA) is 47.8 Å². The van der Waals surface area contributed by atoms with E-state index >= 15 is 0 Å². The second kappa shape index (κ2) is 7.56. The Kier molecular flexibility index (Phi) is 6.76. The van der Waals surface area contributed by atoms with E-state index in [-0.39, 0.29) is 5.56 Å². The first-order valence-corrected chi connectivity index (χ1v) is 5.58. The predicted molar refractivity (Wildman–Crippen MR) is 67.5 cm³/mol. The monoisotopic (exact) mass is 221 g/mol. The van der Waals surface area contributed by atoms with Crippen LogP contribution in [-0.4, -0.2) is 15.0 Å². The molecule has 0 aliphatic rings. The summed E-state index contributed by atoms with van der Waals surface area (Å²) in [6.07, 6.45) is 0. The number of aromatic nitrogens is 3. The van der Waals surface area contributed by atoms with Crippen LogP contribution >= 0.6 is 0 Å². The number of hydrogen-bond donors (Lipinski definition) is 0. The van der Waals surface area contributed by atoms with Crippen LogP contribution in [0.3, 0.4) is 0 Å². The average molecular weight is 221 g/mol. The van der Waals surface area contributed by atoms with E-state index in [2.05, 4.69) is 10.3 Å². The van der Waals surface area contributed by atoms with Gasteiger partial charge in [-0.15, -0.1) is 0 Å². The van der Waals surface area contributed by atoms with Gasteiger partial charge in [-0.05, 0) is 12.1 Å². The van der Waals surface area contributed by atoms with Crippen molar-refractivity contribution in [2.45, 2.75) is 27.7 Å². The molecular formula is C12H19N3O.